The Balaban J connectivity index is 1.80. The van der Waals surface area contributed by atoms with Crippen molar-refractivity contribution in [1.29, 1.82) is 0 Å². The molecule has 2 N–H and O–H groups in total. The summed E-state index contributed by atoms with van der Waals surface area (Å²) in [6.07, 6.45) is 1.11. The number of benzene rings is 2. The van der Waals surface area contributed by atoms with Crippen molar-refractivity contribution in [2.75, 3.05) is 19.6 Å². The Labute approximate surface area is 102 Å². The topological polar surface area (TPSA) is 24.1 Å². The van der Waals surface area contributed by atoms with E-state index in [1.807, 2.05) is 0 Å². The van der Waals surface area contributed by atoms with Crippen LogP contribution in [0.4, 0.5) is 0 Å². The third kappa shape index (κ3) is 2.48. The summed E-state index contributed by atoms with van der Waals surface area (Å²) in [5.41, 5.74) is 1.42. The zero-order valence-electron chi connectivity index (χ0n) is 9.95. The van der Waals surface area contributed by atoms with Crippen molar-refractivity contribution in [1.82, 2.24) is 10.6 Å². The van der Waals surface area contributed by atoms with Crippen LogP contribution in [0.25, 0.3) is 10.8 Å². The fourth-order valence-electron chi connectivity index (χ4n) is 2.51. The Bertz CT molecular complexity index is 501. The van der Waals surface area contributed by atoms with E-state index < -0.39 is 0 Å². The normalized spacial score (nSPS) is 20.6. The summed E-state index contributed by atoms with van der Waals surface area (Å²) in [5.74, 6) is 0. The van der Waals surface area contributed by atoms with Gasteiger partial charge < -0.3 is 10.6 Å². The number of nitrogens with one attached hydrogen (secondary N) is 2. The van der Waals surface area contributed by atoms with Crippen LogP contribution in [-0.2, 0) is 6.42 Å². The van der Waals surface area contributed by atoms with Gasteiger partial charge in [-0.05, 0) is 22.8 Å². The Morgan fingerprint density at radius 2 is 1.88 bits per heavy atom. The van der Waals surface area contributed by atoms with Crippen LogP contribution in [0.3, 0.4) is 0 Å². The largest absolute Gasteiger partial charge is 0.314 e. The highest BCUT2D eigenvalue weighted by Crippen LogP contribution is 2.16. The number of piperazine rings is 1. The molecule has 1 saturated heterocycles. The van der Waals surface area contributed by atoms with E-state index in [1.54, 1.807) is 0 Å². The van der Waals surface area contributed by atoms with Gasteiger partial charge in [-0.2, -0.15) is 0 Å². The fraction of sp³-hybridized carbons (Fsp3) is 0.333. The summed E-state index contributed by atoms with van der Waals surface area (Å²) in [6.45, 7) is 3.25. The maximum Gasteiger partial charge on any atom is 0.0233 e. The molecule has 1 fully saturated rings. The molecule has 2 aromatic rings. The summed E-state index contributed by atoms with van der Waals surface area (Å²) in [7, 11) is 0. The van der Waals surface area contributed by atoms with Crippen molar-refractivity contribution < 1.29 is 0 Å². The molecule has 0 aliphatic carbocycles. The first kappa shape index (κ1) is 10.8. The Morgan fingerprint density at radius 1 is 1.00 bits per heavy atom. The minimum Gasteiger partial charge on any atom is -0.314 e. The van der Waals surface area contributed by atoms with Crippen LogP contribution < -0.4 is 10.6 Å². The molecule has 3 rings (SSSR count). The lowest BCUT2D eigenvalue weighted by atomic mass is 10.0. The molecule has 1 aliphatic rings. The molecule has 0 amide bonds. The lowest BCUT2D eigenvalue weighted by Crippen LogP contribution is -2.49. The molecule has 1 unspecified atom stereocenters. The van der Waals surface area contributed by atoms with Gasteiger partial charge in [0, 0.05) is 25.7 Å². The van der Waals surface area contributed by atoms with Gasteiger partial charge in [0.15, 0.2) is 0 Å². The lowest BCUT2D eigenvalue weighted by molar-refractivity contribution is 0.417. The van der Waals surface area contributed by atoms with Crippen molar-refractivity contribution >= 4 is 10.8 Å². The van der Waals surface area contributed by atoms with Crippen molar-refractivity contribution in [2.45, 2.75) is 12.5 Å². The first-order valence-corrected chi connectivity index (χ1v) is 6.33. The number of hydrogen-bond acceptors (Lipinski definition) is 2. The van der Waals surface area contributed by atoms with Gasteiger partial charge in [-0.1, -0.05) is 42.5 Å². The second kappa shape index (κ2) is 4.86. The summed E-state index contributed by atoms with van der Waals surface area (Å²) in [5, 5.41) is 9.65. The molecule has 17 heavy (non-hydrogen) atoms. The smallest absolute Gasteiger partial charge is 0.0233 e. The van der Waals surface area contributed by atoms with E-state index in [4.69, 9.17) is 0 Å². The molecule has 0 bridgehead atoms. The van der Waals surface area contributed by atoms with E-state index in [0.29, 0.717) is 6.04 Å². The van der Waals surface area contributed by atoms with Crippen molar-refractivity contribution in [3.63, 3.8) is 0 Å². The summed E-state index contributed by atoms with van der Waals surface area (Å²) in [4.78, 5) is 0. The molecule has 1 heterocycles. The number of hydrogen-bond donors (Lipinski definition) is 2. The minimum atomic E-state index is 0.574. The van der Waals surface area contributed by atoms with Gasteiger partial charge in [-0.15, -0.1) is 0 Å². The van der Waals surface area contributed by atoms with Gasteiger partial charge >= 0.3 is 0 Å². The lowest BCUT2D eigenvalue weighted by Gasteiger charge is -2.24. The zero-order chi connectivity index (χ0) is 11.5. The molecular weight excluding hydrogens is 208 g/mol. The van der Waals surface area contributed by atoms with Crippen LogP contribution in [-0.4, -0.2) is 25.7 Å². The quantitative estimate of drug-likeness (QED) is 0.818. The molecule has 0 aromatic heterocycles. The predicted molar refractivity (Wildman–Crippen MR) is 72.3 cm³/mol. The highest BCUT2D eigenvalue weighted by molar-refractivity contribution is 5.82. The molecular formula is C15H18N2. The second-order valence-electron chi connectivity index (χ2n) is 4.74. The van der Waals surface area contributed by atoms with Gasteiger partial charge in [-0.25, -0.2) is 0 Å². The molecule has 0 radical (unpaired) electrons. The minimum absolute atomic E-state index is 0.574. The first-order chi connectivity index (χ1) is 8.42. The maximum atomic E-state index is 3.55. The second-order valence-corrected chi connectivity index (χ2v) is 4.74. The predicted octanol–water partition coefficient (Wildman–Crippen LogP) is 1.94. The van der Waals surface area contributed by atoms with Gasteiger partial charge in [-0.3, -0.25) is 0 Å². The van der Waals surface area contributed by atoms with Gasteiger partial charge in [0.1, 0.15) is 0 Å². The Kier molecular flexibility index (Phi) is 3.08. The summed E-state index contributed by atoms with van der Waals surface area (Å²) < 4.78 is 0. The van der Waals surface area contributed by atoms with E-state index in [0.717, 1.165) is 26.1 Å². The van der Waals surface area contributed by atoms with E-state index in [1.165, 1.54) is 16.3 Å². The first-order valence-electron chi connectivity index (χ1n) is 6.33. The van der Waals surface area contributed by atoms with E-state index in [9.17, 15) is 0 Å². The average molecular weight is 226 g/mol. The standard InChI is InChI=1S/C15H18N2/c1-2-4-14-9-12(5-6-13(14)3-1)10-15-11-16-7-8-17-15/h1-6,9,15-17H,7-8,10-11H2. The van der Waals surface area contributed by atoms with Crippen LogP contribution in [0, 0.1) is 0 Å². The Hall–Kier alpha value is -1.38. The van der Waals surface area contributed by atoms with Crippen LogP contribution in [0.5, 0.6) is 0 Å². The van der Waals surface area contributed by atoms with Crippen LogP contribution >= 0.6 is 0 Å². The fourth-order valence-corrected chi connectivity index (χ4v) is 2.51. The molecule has 1 atom stereocenters. The third-order valence-electron chi connectivity index (χ3n) is 3.42. The molecule has 2 heteroatoms. The molecule has 0 spiro atoms. The van der Waals surface area contributed by atoms with Crippen LogP contribution in [0.1, 0.15) is 5.56 Å². The molecule has 0 saturated carbocycles. The van der Waals surface area contributed by atoms with E-state index >= 15 is 0 Å². The van der Waals surface area contributed by atoms with Crippen molar-refractivity contribution in [3.05, 3.63) is 48.0 Å². The van der Waals surface area contributed by atoms with Gasteiger partial charge in [0.2, 0.25) is 0 Å². The maximum absolute atomic E-state index is 3.55. The highest BCUT2D eigenvalue weighted by atomic mass is 15.0. The number of fused-ring (bicyclic) bond motifs is 1. The summed E-state index contributed by atoms with van der Waals surface area (Å²) >= 11 is 0. The zero-order valence-corrected chi connectivity index (χ0v) is 9.95. The van der Waals surface area contributed by atoms with Crippen molar-refractivity contribution in [3.8, 4) is 0 Å². The molecule has 1 aliphatic heterocycles. The monoisotopic (exact) mass is 226 g/mol. The van der Waals surface area contributed by atoms with E-state index in [2.05, 4.69) is 53.1 Å². The molecule has 2 aromatic carbocycles. The SMILES string of the molecule is c1ccc2cc(CC3CNCCN3)ccc2c1. The van der Waals surface area contributed by atoms with Crippen LogP contribution in [0.2, 0.25) is 0 Å². The highest BCUT2D eigenvalue weighted by Gasteiger charge is 2.12. The molecule has 2 nitrogen and oxygen atoms in total. The van der Waals surface area contributed by atoms with Crippen molar-refractivity contribution in [2.24, 2.45) is 0 Å². The van der Waals surface area contributed by atoms with Crippen LogP contribution in [0.15, 0.2) is 42.5 Å². The third-order valence-corrected chi connectivity index (χ3v) is 3.42. The Morgan fingerprint density at radius 3 is 2.71 bits per heavy atom. The average Bonchev–Trinajstić information content (AvgIpc) is 2.40. The van der Waals surface area contributed by atoms with Gasteiger partial charge in [0.05, 0.1) is 0 Å². The summed E-state index contributed by atoms with van der Waals surface area (Å²) in [6, 6.07) is 15.9. The van der Waals surface area contributed by atoms with Gasteiger partial charge in [0.25, 0.3) is 0 Å². The number of rotatable bonds is 2. The van der Waals surface area contributed by atoms with E-state index in [-0.39, 0.29) is 0 Å². The molecule has 88 valence electrons.